The molecule has 0 saturated carbocycles. The van der Waals surface area contributed by atoms with Gasteiger partial charge in [0, 0.05) is 32.9 Å². The summed E-state index contributed by atoms with van der Waals surface area (Å²) < 4.78 is 5.26. The van der Waals surface area contributed by atoms with Crippen molar-refractivity contribution in [3.8, 4) is 0 Å². The highest BCUT2D eigenvalue weighted by Crippen LogP contribution is 2.18. The van der Waals surface area contributed by atoms with E-state index in [1.54, 1.807) is 18.2 Å². The molecule has 2 aromatic rings. The van der Waals surface area contributed by atoms with Gasteiger partial charge in [-0.2, -0.15) is 0 Å². The second-order valence-corrected chi connectivity index (χ2v) is 6.16. The van der Waals surface area contributed by atoms with Gasteiger partial charge in [0.15, 0.2) is 0 Å². The number of pyridine rings is 1. The monoisotopic (exact) mass is 328 g/mol. The summed E-state index contributed by atoms with van der Waals surface area (Å²) in [5.74, 6) is 1.77. The highest BCUT2D eigenvalue weighted by molar-refractivity contribution is 5.73. The number of amides is 2. The summed E-state index contributed by atoms with van der Waals surface area (Å²) in [5, 5.41) is 2.94. The van der Waals surface area contributed by atoms with E-state index in [-0.39, 0.29) is 6.03 Å². The van der Waals surface area contributed by atoms with Crippen molar-refractivity contribution in [3.63, 3.8) is 0 Å². The molecule has 0 unspecified atom stereocenters. The Hall–Kier alpha value is -2.50. The van der Waals surface area contributed by atoms with Gasteiger partial charge >= 0.3 is 6.03 Å². The van der Waals surface area contributed by atoms with E-state index < -0.39 is 0 Å². The Balaban J connectivity index is 1.53. The number of nitrogens with one attached hydrogen (secondary N) is 1. The number of piperidine rings is 1. The molecule has 0 aromatic carbocycles. The van der Waals surface area contributed by atoms with Gasteiger partial charge in [0.05, 0.1) is 12.8 Å². The van der Waals surface area contributed by atoms with Crippen LogP contribution in [0.5, 0.6) is 0 Å². The van der Waals surface area contributed by atoms with Crippen LogP contribution >= 0.6 is 0 Å². The SMILES string of the molecule is CN(Cc1ccco1)C(=O)NCc1ccnc(N2CCCCC2)c1. The molecule has 6 heteroatoms. The molecule has 0 aliphatic carbocycles. The molecule has 0 atom stereocenters. The van der Waals surface area contributed by atoms with Crippen LogP contribution in [0.15, 0.2) is 41.1 Å². The zero-order valence-corrected chi connectivity index (χ0v) is 14.1. The van der Waals surface area contributed by atoms with Gasteiger partial charge in [-0.25, -0.2) is 9.78 Å². The van der Waals surface area contributed by atoms with Crippen LogP contribution in [0.4, 0.5) is 10.6 Å². The van der Waals surface area contributed by atoms with E-state index in [9.17, 15) is 4.79 Å². The van der Waals surface area contributed by atoms with Crippen LogP contribution in [0.2, 0.25) is 0 Å². The second kappa shape index (κ2) is 7.86. The van der Waals surface area contributed by atoms with E-state index in [4.69, 9.17) is 4.42 Å². The largest absolute Gasteiger partial charge is 0.467 e. The maximum atomic E-state index is 12.2. The molecule has 0 spiro atoms. The lowest BCUT2D eigenvalue weighted by molar-refractivity contribution is 0.202. The summed E-state index contributed by atoms with van der Waals surface area (Å²) in [6.45, 7) is 3.07. The number of carbonyl (C=O) groups is 1. The Kier molecular flexibility index (Phi) is 5.36. The third kappa shape index (κ3) is 4.28. The van der Waals surface area contributed by atoms with Gasteiger partial charge in [0.1, 0.15) is 11.6 Å². The predicted octanol–water partition coefficient (Wildman–Crippen LogP) is 3.01. The highest BCUT2D eigenvalue weighted by atomic mass is 16.3. The number of hydrogen-bond donors (Lipinski definition) is 1. The van der Waals surface area contributed by atoms with Gasteiger partial charge < -0.3 is 19.5 Å². The van der Waals surface area contributed by atoms with Crippen molar-refractivity contribution < 1.29 is 9.21 Å². The lowest BCUT2D eigenvalue weighted by Gasteiger charge is -2.28. The lowest BCUT2D eigenvalue weighted by atomic mass is 10.1. The molecule has 2 aromatic heterocycles. The average molecular weight is 328 g/mol. The molecule has 128 valence electrons. The topological polar surface area (TPSA) is 61.6 Å². The summed E-state index contributed by atoms with van der Waals surface area (Å²) in [4.78, 5) is 20.6. The molecule has 1 saturated heterocycles. The molecule has 1 aliphatic rings. The van der Waals surface area contributed by atoms with Crippen molar-refractivity contribution in [1.29, 1.82) is 0 Å². The molecule has 1 N–H and O–H groups in total. The molecular formula is C18H24N4O2. The van der Waals surface area contributed by atoms with Gasteiger partial charge in [0.25, 0.3) is 0 Å². The lowest BCUT2D eigenvalue weighted by Crippen LogP contribution is -2.36. The fraction of sp³-hybridized carbons (Fsp3) is 0.444. The number of carbonyl (C=O) groups excluding carboxylic acids is 1. The Morgan fingerprint density at radius 3 is 2.92 bits per heavy atom. The summed E-state index contributed by atoms with van der Waals surface area (Å²) in [7, 11) is 1.75. The average Bonchev–Trinajstić information content (AvgIpc) is 3.13. The summed E-state index contributed by atoms with van der Waals surface area (Å²) in [6, 6.07) is 7.57. The highest BCUT2D eigenvalue weighted by Gasteiger charge is 2.13. The Bertz CT molecular complexity index is 651. The number of aromatic nitrogens is 1. The van der Waals surface area contributed by atoms with Crippen LogP contribution in [0.3, 0.4) is 0 Å². The minimum Gasteiger partial charge on any atom is -0.467 e. The van der Waals surface area contributed by atoms with Gasteiger partial charge in [-0.3, -0.25) is 0 Å². The summed E-state index contributed by atoms with van der Waals surface area (Å²) >= 11 is 0. The molecule has 1 aliphatic heterocycles. The maximum absolute atomic E-state index is 12.2. The van der Waals surface area contributed by atoms with Gasteiger partial charge in [0.2, 0.25) is 0 Å². The van der Waals surface area contributed by atoms with Crippen LogP contribution in [-0.4, -0.2) is 36.1 Å². The molecule has 24 heavy (non-hydrogen) atoms. The Morgan fingerprint density at radius 1 is 1.33 bits per heavy atom. The van der Waals surface area contributed by atoms with Gasteiger partial charge in [-0.15, -0.1) is 0 Å². The third-order valence-corrected chi connectivity index (χ3v) is 4.25. The van der Waals surface area contributed by atoms with Crippen molar-refractivity contribution in [3.05, 3.63) is 48.0 Å². The predicted molar refractivity (Wildman–Crippen MR) is 92.7 cm³/mol. The Labute approximate surface area is 142 Å². The fourth-order valence-corrected chi connectivity index (χ4v) is 2.89. The smallest absolute Gasteiger partial charge is 0.317 e. The standard InChI is InChI=1S/C18H24N4O2/c1-21(14-16-6-5-11-24-16)18(23)20-13-15-7-8-19-17(12-15)22-9-3-2-4-10-22/h5-8,11-12H,2-4,9-10,13-14H2,1H3,(H,20,23). The number of furan rings is 1. The summed E-state index contributed by atoms with van der Waals surface area (Å²) in [5.41, 5.74) is 1.06. The first-order valence-electron chi connectivity index (χ1n) is 8.43. The van der Waals surface area contributed by atoms with Crippen LogP contribution in [0.25, 0.3) is 0 Å². The molecular weight excluding hydrogens is 304 g/mol. The van der Waals surface area contributed by atoms with Crippen molar-refractivity contribution in [1.82, 2.24) is 15.2 Å². The molecule has 1 fully saturated rings. The normalized spacial score (nSPS) is 14.5. The first-order chi connectivity index (χ1) is 11.7. The van der Waals surface area contributed by atoms with Crippen molar-refractivity contribution in [2.45, 2.75) is 32.4 Å². The Morgan fingerprint density at radius 2 is 2.17 bits per heavy atom. The third-order valence-electron chi connectivity index (χ3n) is 4.25. The molecule has 3 heterocycles. The van der Waals surface area contributed by atoms with E-state index in [1.165, 1.54) is 19.3 Å². The van der Waals surface area contributed by atoms with Crippen molar-refractivity contribution >= 4 is 11.8 Å². The van der Waals surface area contributed by atoms with Gasteiger partial charge in [-0.05, 0) is 49.1 Å². The van der Waals surface area contributed by atoms with Crippen LogP contribution in [-0.2, 0) is 13.1 Å². The van der Waals surface area contributed by atoms with E-state index in [2.05, 4.69) is 21.3 Å². The van der Waals surface area contributed by atoms with Crippen LogP contribution in [0.1, 0.15) is 30.6 Å². The fourth-order valence-electron chi connectivity index (χ4n) is 2.89. The van der Waals surface area contributed by atoms with E-state index in [0.29, 0.717) is 13.1 Å². The zero-order chi connectivity index (χ0) is 16.8. The number of urea groups is 1. The van der Waals surface area contributed by atoms with Gasteiger partial charge in [-0.1, -0.05) is 0 Å². The first kappa shape index (κ1) is 16.4. The zero-order valence-electron chi connectivity index (χ0n) is 14.1. The molecule has 2 amide bonds. The quantitative estimate of drug-likeness (QED) is 0.916. The van der Waals surface area contributed by atoms with Crippen molar-refractivity contribution in [2.24, 2.45) is 0 Å². The number of nitrogens with zero attached hydrogens (tertiary/aromatic N) is 3. The summed E-state index contributed by atoms with van der Waals surface area (Å²) in [6.07, 6.45) is 7.17. The number of anilines is 1. The molecule has 0 bridgehead atoms. The minimum atomic E-state index is -0.122. The second-order valence-electron chi connectivity index (χ2n) is 6.16. The number of rotatable bonds is 5. The minimum absolute atomic E-state index is 0.122. The van der Waals surface area contributed by atoms with E-state index >= 15 is 0 Å². The first-order valence-corrected chi connectivity index (χ1v) is 8.43. The number of hydrogen-bond acceptors (Lipinski definition) is 4. The van der Waals surface area contributed by atoms with Crippen molar-refractivity contribution in [2.75, 3.05) is 25.0 Å². The molecule has 6 nitrogen and oxygen atoms in total. The van der Waals surface area contributed by atoms with Crippen LogP contribution in [0, 0.1) is 0 Å². The molecule has 3 rings (SSSR count). The maximum Gasteiger partial charge on any atom is 0.317 e. The van der Waals surface area contributed by atoms with E-state index in [1.807, 2.05) is 24.4 Å². The molecule has 0 radical (unpaired) electrons. The van der Waals surface area contributed by atoms with E-state index in [0.717, 1.165) is 30.2 Å². The van der Waals surface area contributed by atoms with Crippen LogP contribution < -0.4 is 10.2 Å².